The van der Waals surface area contributed by atoms with Crippen LogP contribution in [0.1, 0.15) is 95.6 Å². The number of carbonyl (C=O) groups is 2. The Morgan fingerprint density at radius 1 is 0.978 bits per heavy atom. The highest BCUT2D eigenvalue weighted by Gasteiger charge is 2.45. The number of hydrogen-bond donors (Lipinski definition) is 1. The monoisotopic (exact) mass is 612 g/mol. The molecule has 1 aromatic heterocycles. The largest absolute Gasteiger partial charge is 0.461 e. The van der Waals surface area contributed by atoms with Crippen LogP contribution in [0.15, 0.2) is 64.6 Å². The number of aryl methyl sites for hydroxylation is 1. The summed E-state index contributed by atoms with van der Waals surface area (Å²) in [5.41, 5.74) is 3.03. The third kappa shape index (κ3) is 9.11. The van der Waals surface area contributed by atoms with Gasteiger partial charge >= 0.3 is 11.9 Å². The molecule has 4 rings (SSSR count). The average Bonchev–Trinajstić information content (AvgIpc) is 3.57. The molecule has 3 atom stereocenters. The van der Waals surface area contributed by atoms with Crippen molar-refractivity contribution >= 4 is 22.9 Å². The first-order chi connectivity index (χ1) is 21.4. The van der Waals surface area contributed by atoms with Crippen LogP contribution in [-0.4, -0.2) is 35.9 Å². The van der Waals surface area contributed by atoms with Gasteiger partial charge in [0.15, 0.2) is 5.60 Å². The number of carbonyl (C=O) groups excluding carboxylic acids is 2. The molecule has 0 aliphatic carbocycles. The van der Waals surface area contributed by atoms with Gasteiger partial charge in [0.05, 0.1) is 12.5 Å². The van der Waals surface area contributed by atoms with Gasteiger partial charge < -0.3 is 19.0 Å². The van der Waals surface area contributed by atoms with Crippen LogP contribution in [0.25, 0.3) is 11.0 Å². The van der Waals surface area contributed by atoms with Gasteiger partial charge in [-0.1, -0.05) is 77.2 Å². The van der Waals surface area contributed by atoms with Gasteiger partial charge in [0.1, 0.15) is 18.0 Å². The van der Waals surface area contributed by atoms with E-state index in [-0.39, 0.29) is 18.9 Å². The van der Waals surface area contributed by atoms with Gasteiger partial charge in [-0.15, -0.1) is 0 Å². The maximum atomic E-state index is 13.1. The molecule has 1 N–H and O–H groups in total. The first kappa shape index (κ1) is 34.1. The molecule has 1 aliphatic rings. The Balaban J connectivity index is 1.37. The topological polar surface area (TPSA) is 86.0 Å². The van der Waals surface area contributed by atoms with Crippen LogP contribution in [0.3, 0.4) is 0 Å². The van der Waals surface area contributed by atoms with Gasteiger partial charge in [-0.05, 0) is 80.3 Å². The fourth-order valence-corrected chi connectivity index (χ4v) is 5.95. The zero-order valence-corrected chi connectivity index (χ0v) is 27.8. The first-order valence-corrected chi connectivity index (χ1v) is 16.2. The normalized spacial score (nSPS) is 18.8. The minimum absolute atomic E-state index is 0.201. The van der Waals surface area contributed by atoms with Gasteiger partial charge in [-0.3, -0.25) is 4.79 Å². The van der Waals surface area contributed by atoms with Crippen LogP contribution in [-0.2, 0) is 19.1 Å². The number of hydrogen-bond acceptors (Lipinski definition) is 6. The van der Waals surface area contributed by atoms with E-state index in [2.05, 4.69) is 39.5 Å². The Hall–Kier alpha value is -3.82. The van der Waals surface area contributed by atoms with Crippen molar-refractivity contribution in [3.63, 3.8) is 0 Å². The molecule has 0 amide bonds. The second-order valence-corrected chi connectivity index (χ2v) is 13.7. The van der Waals surface area contributed by atoms with E-state index in [0.717, 1.165) is 41.4 Å². The van der Waals surface area contributed by atoms with Crippen molar-refractivity contribution in [1.82, 2.24) is 0 Å². The van der Waals surface area contributed by atoms with E-state index in [4.69, 9.17) is 13.9 Å². The summed E-state index contributed by atoms with van der Waals surface area (Å²) >= 11 is 0. The van der Waals surface area contributed by atoms with Crippen LogP contribution in [0.2, 0.25) is 0 Å². The molecule has 0 saturated carbocycles. The summed E-state index contributed by atoms with van der Waals surface area (Å²) in [5, 5.41) is 11.1. The lowest BCUT2D eigenvalue weighted by molar-refractivity contribution is -0.168. The van der Waals surface area contributed by atoms with Crippen LogP contribution in [0, 0.1) is 42.4 Å². The highest BCUT2D eigenvalue weighted by Crippen LogP contribution is 2.35. The zero-order valence-electron chi connectivity index (χ0n) is 27.8. The summed E-state index contributed by atoms with van der Waals surface area (Å²) in [4.78, 5) is 25.9. The molecule has 1 fully saturated rings. The minimum atomic E-state index is -1.26. The van der Waals surface area contributed by atoms with Gasteiger partial charge in [-0.25, -0.2) is 4.79 Å². The Kier molecular flexibility index (Phi) is 11.3. The maximum Gasteiger partial charge on any atom is 0.334 e. The zero-order chi connectivity index (χ0) is 32.7. The molecule has 1 aliphatic heterocycles. The van der Waals surface area contributed by atoms with E-state index in [1.807, 2.05) is 68.5 Å². The minimum Gasteiger partial charge on any atom is -0.461 e. The van der Waals surface area contributed by atoms with Crippen molar-refractivity contribution < 1.29 is 28.6 Å². The molecule has 2 aromatic carbocycles. The lowest BCUT2D eigenvalue weighted by Crippen LogP contribution is -2.40. The summed E-state index contributed by atoms with van der Waals surface area (Å²) in [7, 11) is 0. The molecule has 240 valence electrons. The third-order valence-electron chi connectivity index (χ3n) is 8.67. The third-order valence-corrected chi connectivity index (χ3v) is 8.67. The predicted octanol–water partition coefficient (Wildman–Crippen LogP) is 8.13. The molecule has 0 spiro atoms. The summed E-state index contributed by atoms with van der Waals surface area (Å²) in [6.07, 6.45) is 5.14. The standard InChI is InChI=1S/C39H48O6/c1-25(2)18-32(19-26(3)4)14-16-33-22-39(23-40,45-38(33)42)24-43-37(41)29(7)28(6)36-21-34-20-31(15-17-35(34)44-36)13-12-30-10-8-27(5)9-11-30/h8-11,15-17,20-21,25-26,28-29,32,40H,14,18-19,22-24H2,1-7H3/b33-16+/t28-,29+,39-/m1/s1. The van der Waals surface area contributed by atoms with Crippen molar-refractivity contribution in [2.75, 3.05) is 13.2 Å². The second kappa shape index (κ2) is 15.0. The molecule has 45 heavy (non-hydrogen) atoms. The first-order valence-electron chi connectivity index (χ1n) is 16.2. The van der Waals surface area contributed by atoms with Crippen molar-refractivity contribution in [3.05, 3.63) is 82.6 Å². The van der Waals surface area contributed by atoms with E-state index in [0.29, 0.717) is 29.1 Å². The van der Waals surface area contributed by atoms with Crippen molar-refractivity contribution in [2.45, 2.75) is 85.7 Å². The molecule has 3 aromatic rings. The van der Waals surface area contributed by atoms with Crippen molar-refractivity contribution in [3.8, 4) is 11.8 Å². The predicted molar refractivity (Wildman–Crippen MR) is 178 cm³/mol. The Morgan fingerprint density at radius 2 is 1.62 bits per heavy atom. The summed E-state index contributed by atoms with van der Waals surface area (Å²) in [6, 6.07) is 15.8. The molecule has 0 radical (unpaired) electrons. The quantitative estimate of drug-likeness (QED) is 0.126. The van der Waals surface area contributed by atoms with Crippen LogP contribution in [0.4, 0.5) is 0 Å². The SMILES string of the molecule is Cc1ccc(C#Cc2ccc3oc([C@H](C)[C@H](C)C(=O)OC[C@]4(CO)C/C(=C\CC(CC(C)C)CC(C)C)C(=O)O4)cc3c2)cc1. The molecule has 0 unspecified atom stereocenters. The molecule has 1 saturated heterocycles. The second-order valence-electron chi connectivity index (χ2n) is 13.7. The van der Waals surface area contributed by atoms with Crippen LogP contribution < -0.4 is 0 Å². The molecule has 6 heteroatoms. The summed E-state index contributed by atoms with van der Waals surface area (Å²) in [6.45, 7) is 14.0. The molecular formula is C39H48O6. The number of furan rings is 1. The van der Waals surface area contributed by atoms with Gasteiger partial charge in [-0.2, -0.15) is 0 Å². The highest BCUT2D eigenvalue weighted by molar-refractivity contribution is 5.91. The van der Waals surface area contributed by atoms with Crippen LogP contribution >= 0.6 is 0 Å². The summed E-state index contributed by atoms with van der Waals surface area (Å²) < 4.78 is 17.4. The number of aliphatic hydroxyl groups excluding tert-OH is 1. The number of cyclic esters (lactones) is 1. The Labute approximate surface area is 268 Å². The van der Waals surface area contributed by atoms with E-state index in [1.165, 1.54) is 5.56 Å². The Morgan fingerprint density at radius 3 is 2.27 bits per heavy atom. The average molecular weight is 613 g/mol. The van der Waals surface area contributed by atoms with Crippen molar-refractivity contribution in [1.29, 1.82) is 0 Å². The van der Waals surface area contributed by atoms with E-state index in [1.54, 1.807) is 6.92 Å². The molecule has 6 nitrogen and oxygen atoms in total. The number of rotatable bonds is 12. The van der Waals surface area contributed by atoms with Crippen molar-refractivity contribution in [2.24, 2.45) is 23.7 Å². The fraction of sp³-hybridized carbons (Fsp3) is 0.487. The smallest absolute Gasteiger partial charge is 0.334 e. The molecular weight excluding hydrogens is 564 g/mol. The van der Waals surface area contributed by atoms with Gasteiger partial charge in [0.2, 0.25) is 0 Å². The molecule has 2 heterocycles. The number of fused-ring (bicyclic) bond motifs is 1. The number of ether oxygens (including phenoxy) is 2. The maximum absolute atomic E-state index is 13.1. The van der Waals surface area contributed by atoms with Crippen LogP contribution in [0.5, 0.6) is 0 Å². The van der Waals surface area contributed by atoms with Gasteiger partial charge in [0.25, 0.3) is 0 Å². The summed E-state index contributed by atoms with van der Waals surface area (Å²) in [5.74, 6) is 7.03. The highest BCUT2D eigenvalue weighted by atomic mass is 16.6. The Bertz CT molecular complexity index is 1550. The van der Waals surface area contributed by atoms with Gasteiger partial charge in [0, 0.05) is 34.4 Å². The van der Waals surface area contributed by atoms with E-state index >= 15 is 0 Å². The fourth-order valence-electron chi connectivity index (χ4n) is 5.95. The number of benzene rings is 2. The number of aliphatic hydroxyl groups is 1. The number of allylic oxidation sites excluding steroid dienone is 1. The van der Waals surface area contributed by atoms with E-state index in [9.17, 15) is 14.7 Å². The molecule has 0 bridgehead atoms. The number of esters is 2. The van der Waals surface area contributed by atoms with E-state index < -0.39 is 30.1 Å². The lowest BCUT2D eigenvalue weighted by Gasteiger charge is -2.25. The lowest BCUT2D eigenvalue weighted by atomic mass is 9.86.